The molecule has 2 rings (SSSR count). The minimum absolute atomic E-state index is 0.178. The molecule has 0 aliphatic carbocycles. The number of thioether (sulfide) groups is 1. The Kier molecular flexibility index (Phi) is 5.47. The van der Waals surface area contributed by atoms with Crippen LogP contribution < -0.4 is 10.6 Å². The van der Waals surface area contributed by atoms with Gasteiger partial charge in [0.25, 0.3) is 5.91 Å². The molecular weight excluding hydrogens is 320 g/mol. The largest absolute Gasteiger partial charge is 0.481 e. The number of rotatable bonds is 5. The lowest BCUT2D eigenvalue weighted by molar-refractivity contribution is -0.138. The molecule has 0 saturated carbocycles. The van der Waals surface area contributed by atoms with Crippen molar-refractivity contribution in [2.75, 3.05) is 7.05 Å². The molecule has 0 radical (unpaired) electrons. The lowest BCUT2D eigenvalue weighted by Crippen LogP contribution is -2.26. The van der Waals surface area contributed by atoms with Crippen molar-refractivity contribution in [3.63, 3.8) is 0 Å². The first-order valence-corrected chi connectivity index (χ1v) is 7.50. The van der Waals surface area contributed by atoms with Crippen LogP contribution in [0.1, 0.15) is 22.3 Å². The van der Waals surface area contributed by atoms with Gasteiger partial charge in [0.05, 0.1) is 12.6 Å². The topological polar surface area (TPSA) is 120 Å². The average Bonchev–Trinajstić information content (AvgIpc) is 2.86. The van der Waals surface area contributed by atoms with Gasteiger partial charge in [-0.2, -0.15) is 5.10 Å². The Morgan fingerprint density at radius 3 is 2.70 bits per heavy atom. The summed E-state index contributed by atoms with van der Waals surface area (Å²) in [5.74, 6) is -1.61. The third kappa shape index (κ3) is 4.65. The van der Waals surface area contributed by atoms with Crippen molar-refractivity contribution in [1.82, 2.24) is 10.6 Å². The number of amides is 2. The predicted molar refractivity (Wildman–Crippen MR) is 86.6 cm³/mol. The fourth-order valence-corrected chi connectivity index (χ4v) is 2.67. The van der Waals surface area contributed by atoms with E-state index in [1.165, 1.54) is 6.21 Å². The van der Waals surface area contributed by atoms with Crippen LogP contribution in [-0.2, 0) is 9.59 Å². The van der Waals surface area contributed by atoms with E-state index in [0.29, 0.717) is 5.56 Å². The van der Waals surface area contributed by atoms with Crippen LogP contribution in [0.3, 0.4) is 0 Å². The first-order valence-electron chi connectivity index (χ1n) is 6.62. The molecule has 3 N–H and O–H groups in total. The van der Waals surface area contributed by atoms with Crippen LogP contribution in [0.15, 0.2) is 34.5 Å². The SMILES string of the molecule is CNC(=O)c1ccc(C=NN=C2NC(=O)C(CC(=O)O)S2)cc1. The van der Waals surface area contributed by atoms with Crippen molar-refractivity contribution in [1.29, 1.82) is 0 Å². The summed E-state index contributed by atoms with van der Waals surface area (Å²) in [5, 5.41) is 21.0. The van der Waals surface area contributed by atoms with Gasteiger partial charge in [-0.1, -0.05) is 23.9 Å². The number of carbonyl (C=O) groups is 3. The summed E-state index contributed by atoms with van der Waals surface area (Å²) in [6.45, 7) is 0. The number of carbonyl (C=O) groups excluding carboxylic acids is 2. The zero-order chi connectivity index (χ0) is 16.8. The van der Waals surface area contributed by atoms with E-state index in [4.69, 9.17) is 5.11 Å². The fraction of sp³-hybridized carbons (Fsp3) is 0.214. The van der Waals surface area contributed by atoms with Gasteiger partial charge in [-0.15, -0.1) is 5.10 Å². The molecule has 1 aliphatic heterocycles. The van der Waals surface area contributed by atoms with Crippen LogP contribution in [0.4, 0.5) is 0 Å². The number of hydrogen-bond acceptors (Lipinski definition) is 6. The number of nitrogens with zero attached hydrogens (tertiary/aromatic N) is 2. The van der Waals surface area contributed by atoms with E-state index < -0.39 is 11.2 Å². The van der Waals surface area contributed by atoms with Crippen molar-refractivity contribution in [3.05, 3.63) is 35.4 Å². The minimum atomic E-state index is -1.04. The minimum Gasteiger partial charge on any atom is -0.481 e. The van der Waals surface area contributed by atoms with E-state index in [1.807, 2.05) is 0 Å². The maximum absolute atomic E-state index is 11.5. The molecule has 8 nitrogen and oxygen atoms in total. The molecule has 120 valence electrons. The number of benzene rings is 1. The van der Waals surface area contributed by atoms with E-state index in [2.05, 4.69) is 20.8 Å². The van der Waals surface area contributed by atoms with Crippen LogP contribution >= 0.6 is 11.8 Å². The maximum atomic E-state index is 11.5. The molecule has 1 aliphatic rings. The molecule has 1 heterocycles. The van der Waals surface area contributed by atoms with Crippen molar-refractivity contribution in [3.8, 4) is 0 Å². The summed E-state index contributed by atoms with van der Waals surface area (Å²) in [7, 11) is 1.55. The lowest BCUT2D eigenvalue weighted by Gasteiger charge is -1.99. The first kappa shape index (κ1) is 16.7. The van der Waals surface area contributed by atoms with Crippen LogP contribution in [0, 0.1) is 0 Å². The number of amidine groups is 1. The van der Waals surface area contributed by atoms with Crippen LogP contribution in [-0.4, -0.2) is 46.6 Å². The molecule has 2 amide bonds. The molecule has 0 spiro atoms. The van der Waals surface area contributed by atoms with E-state index in [1.54, 1.807) is 31.3 Å². The second kappa shape index (κ2) is 7.54. The molecule has 1 aromatic carbocycles. The molecule has 1 atom stereocenters. The van der Waals surface area contributed by atoms with Gasteiger partial charge < -0.3 is 15.7 Å². The highest BCUT2D eigenvalue weighted by Crippen LogP contribution is 2.22. The summed E-state index contributed by atoms with van der Waals surface area (Å²) in [6.07, 6.45) is 1.21. The van der Waals surface area contributed by atoms with Gasteiger partial charge in [0.1, 0.15) is 5.25 Å². The third-order valence-electron chi connectivity index (χ3n) is 2.89. The maximum Gasteiger partial charge on any atom is 0.305 e. The zero-order valence-corrected chi connectivity index (χ0v) is 13.0. The van der Waals surface area contributed by atoms with Gasteiger partial charge >= 0.3 is 5.97 Å². The van der Waals surface area contributed by atoms with E-state index in [9.17, 15) is 14.4 Å². The number of carboxylic acid groups (broad SMARTS) is 1. The smallest absolute Gasteiger partial charge is 0.305 e. The number of nitrogens with one attached hydrogen (secondary N) is 2. The predicted octanol–water partition coefficient (Wildman–Crippen LogP) is 0.442. The number of carboxylic acids is 1. The summed E-state index contributed by atoms with van der Waals surface area (Å²) in [4.78, 5) is 33.5. The molecule has 0 aromatic heterocycles. The van der Waals surface area contributed by atoms with Gasteiger partial charge in [-0.25, -0.2) is 0 Å². The summed E-state index contributed by atoms with van der Waals surface area (Å²) < 4.78 is 0. The molecule has 1 unspecified atom stereocenters. The zero-order valence-electron chi connectivity index (χ0n) is 12.1. The Balaban J connectivity index is 1.97. The summed E-state index contributed by atoms with van der Waals surface area (Å²) in [5.41, 5.74) is 1.27. The molecule has 23 heavy (non-hydrogen) atoms. The Morgan fingerprint density at radius 1 is 1.39 bits per heavy atom. The quantitative estimate of drug-likeness (QED) is 0.533. The Labute approximate surface area is 136 Å². The Bertz CT molecular complexity index is 685. The van der Waals surface area contributed by atoms with Crippen molar-refractivity contribution in [2.24, 2.45) is 10.2 Å². The molecular formula is C14H14N4O4S. The average molecular weight is 334 g/mol. The molecule has 1 aromatic rings. The van der Waals surface area contributed by atoms with Crippen LogP contribution in [0.5, 0.6) is 0 Å². The molecule has 0 bridgehead atoms. The monoisotopic (exact) mass is 334 g/mol. The van der Waals surface area contributed by atoms with Gasteiger partial charge in [-0.05, 0) is 17.7 Å². The molecule has 1 saturated heterocycles. The van der Waals surface area contributed by atoms with Crippen molar-refractivity contribution in [2.45, 2.75) is 11.7 Å². The molecule has 9 heteroatoms. The van der Waals surface area contributed by atoms with Crippen LogP contribution in [0.25, 0.3) is 0 Å². The second-order valence-corrected chi connectivity index (χ2v) is 5.74. The van der Waals surface area contributed by atoms with Gasteiger partial charge in [0.2, 0.25) is 5.91 Å². The summed E-state index contributed by atoms with van der Waals surface area (Å²) in [6, 6.07) is 6.73. The van der Waals surface area contributed by atoms with E-state index in [-0.39, 0.29) is 23.4 Å². The van der Waals surface area contributed by atoms with Crippen molar-refractivity contribution < 1.29 is 19.5 Å². The number of aliphatic carboxylic acids is 1. The first-order chi connectivity index (χ1) is 11.0. The van der Waals surface area contributed by atoms with Gasteiger partial charge in [0, 0.05) is 12.6 Å². The molecule has 1 fully saturated rings. The Morgan fingerprint density at radius 2 is 2.09 bits per heavy atom. The standard InChI is InChI=1S/C14H14N4O4S/c1-15-12(21)9-4-2-8(3-5-9)7-16-18-14-17-13(22)10(23-14)6-11(19)20/h2-5,7,10H,6H2,1H3,(H,15,21)(H,19,20)(H,17,18,22). The summed E-state index contributed by atoms with van der Waals surface area (Å²) >= 11 is 1.03. The van der Waals surface area contributed by atoms with E-state index >= 15 is 0 Å². The van der Waals surface area contributed by atoms with Crippen LogP contribution in [0.2, 0.25) is 0 Å². The Hall–Kier alpha value is -2.68. The third-order valence-corrected chi connectivity index (χ3v) is 3.96. The fourth-order valence-electron chi connectivity index (χ4n) is 1.76. The highest BCUT2D eigenvalue weighted by molar-refractivity contribution is 8.15. The second-order valence-electron chi connectivity index (χ2n) is 4.54. The van der Waals surface area contributed by atoms with Gasteiger partial charge in [0.15, 0.2) is 5.17 Å². The highest BCUT2D eigenvalue weighted by Gasteiger charge is 2.32. The highest BCUT2D eigenvalue weighted by atomic mass is 32.2. The number of hydrogen-bond donors (Lipinski definition) is 3. The van der Waals surface area contributed by atoms with Gasteiger partial charge in [-0.3, -0.25) is 14.4 Å². The van der Waals surface area contributed by atoms with Crippen molar-refractivity contribution >= 4 is 40.9 Å². The van der Waals surface area contributed by atoms with E-state index in [0.717, 1.165) is 17.3 Å². The lowest BCUT2D eigenvalue weighted by atomic mass is 10.1. The normalized spacial score (nSPS) is 19.1.